The summed E-state index contributed by atoms with van der Waals surface area (Å²) < 4.78 is 5.72. The molecule has 8 heteroatoms. The van der Waals surface area contributed by atoms with Gasteiger partial charge < -0.3 is 5.32 Å². The van der Waals surface area contributed by atoms with Crippen LogP contribution in [0.3, 0.4) is 0 Å². The Balaban J connectivity index is 0.000000240. The molecule has 0 aromatic rings. The average Bonchev–Trinajstić information content (AvgIpc) is 3.10. The van der Waals surface area contributed by atoms with Crippen molar-refractivity contribution in [1.82, 2.24) is 5.32 Å². The fourth-order valence-electron chi connectivity index (χ4n) is 2.18. The predicted molar refractivity (Wildman–Crippen MR) is 104 cm³/mol. The Morgan fingerprint density at radius 1 is 1.33 bits per heavy atom. The van der Waals surface area contributed by atoms with Gasteiger partial charge in [0, 0.05) is 5.75 Å². The Morgan fingerprint density at radius 2 is 2.04 bits per heavy atom. The molecular formula is C16H25N2O3S2Se. The van der Waals surface area contributed by atoms with E-state index in [0.717, 1.165) is 53.9 Å². The van der Waals surface area contributed by atoms with Crippen molar-refractivity contribution in [3.63, 3.8) is 0 Å². The van der Waals surface area contributed by atoms with Crippen LogP contribution in [0.25, 0.3) is 0 Å². The first-order chi connectivity index (χ1) is 11.5. The van der Waals surface area contributed by atoms with Gasteiger partial charge in [-0.25, -0.2) is 0 Å². The van der Waals surface area contributed by atoms with Gasteiger partial charge in [0.25, 0.3) is 0 Å². The molecule has 2 atom stereocenters. The van der Waals surface area contributed by atoms with Gasteiger partial charge in [-0.2, -0.15) is 0 Å². The number of nitrogens with one attached hydrogen (secondary N) is 1. The van der Waals surface area contributed by atoms with Crippen LogP contribution in [0, 0.1) is 0 Å². The van der Waals surface area contributed by atoms with Crippen molar-refractivity contribution >= 4 is 60.7 Å². The Morgan fingerprint density at radius 3 is 2.54 bits per heavy atom. The van der Waals surface area contributed by atoms with E-state index in [9.17, 15) is 9.59 Å². The number of rotatable bonds is 6. The van der Waals surface area contributed by atoms with E-state index in [1.807, 2.05) is 0 Å². The zero-order valence-corrected chi connectivity index (χ0v) is 17.6. The topological polar surface area (TPSA) is 67.8 Å². The molecule has 2 unspecified atom stereocenters. The summed E-state index contributed by atoms with van der Waals surface area (Å²) >= 11 is 9.34. The molecule has 0 aromatic carbocycles. The predicted octanol–water partition coefficient (Wildman–Crippen LogP) is 2.40. The summed E-state index contributed by atoms with van der Waals surface area (Å²) in [5.74, 6) is 0.754. The molecule has 5 nitrogen and oxygen atoms in total. The first-order valence-corrected chi connectivity index (χ1v) is 10.6. The minimum atomic E-state index is -0.243. The fraction of sp³-hybridized carbons (Fsp3) is 0.750. The molecule has 0 aliphatic carbocycles. The monoisotopic (exact) mass is 437 g/mol. The summed E-state index contributed by atoms with van der Waals surface area (Å²) in [6.45, 7) is 4.69. The molecular weight excluding hydrogens is 411 g/mol. The van der Waals surface area contributed by atoms with Gasteiger partial charge in [0.05, 0.1) is 11.0 Å². The third kappa shape index (κ3) is 8.10. The van der Waals surface area contributed by atoms with Crippen molar-refractivity contribution < 1.29 is 14.3 Å². The standard InChI is InChI=1S/C8H12NO2Se.C8H13NOS2/c1-2-3-7(12)9-6-4-5-11-8(6)10;1-2-3-7(11)9-6-4-5-12-8(6)10/h6H,2-5H2,1H3;6H,2-5H2,1H3,(H,9,11). The number of thioether (sulfide) groups is 1. The van der Waals surface area contributed by atoms with E-state index in [4.69, 9.17) is 17.0 Å². The average molecular weight is 436 g/mol. The van der Waals surface area contributed by atoms with E-state index in [0.29, 0.717) is 6.61 Å². The van der Waals surface area contributed by atoms with Gasteiger partial charge in [0.1, 0.15) is 0 Å². The minimum absolute atomic E-state index is 0.00551. The second-order valence-corrected chi connectivity index (χ2v) is 8.15. The van der Waals surface area contributed by atoms with Crippen LogP contribution in [-0.2, 0) is 14.3 Å². The molecule has 0 amide bonds. The van der Waals surface area contributed by atoms with E-state index in [2.05, 4.69) is 40.2 Å². The van der Waals surface area contributed by atoms with Crippen molar-refractivity contribution in [3.05, 3.63) is 0 Å². The number of hydrogen-bond donors (Lipinski definition) is 1. The van der Waals surface area contributed by atoms with Crippen LogP contribution in [0.4, 0.5) is 0 Å². The van der Waals surface area contributed by atoms with Crippen LogP contribution in [0.1, 0.15) is 52.4 Å². The van der Waals surface area contributed by atoms with Crippen molar-refractivity contribution in [2.24, 2.45) is 4.99 Å². The second kappa shape index (κ2) is 12.0. The first-order valence-electron chi connectivity index (χ1n) is 8.34. The van der Waals surface area contributed by atoms with Crippen LogP contribution < -0.4 is 5.32 Å². The molecule has 1 N–H and O–H groups in total. The molecule has 0 saturated carbocycles. The summed E-state index contributed by atoms with van der Waals surface area (Å²) in [5, 5.41) is 3.33. The van der Waals surface area contributed by atoms with E-state index < -0.39 is 0 Å². The number of nitrogens with zero attached hydrogens (tertiary/aromatic N) is 1. The van der Waals surface area contributed by atoms with Crippen molar-refractivity contribution in [3.8, 4) is 0 Å². The van der Waals surface area contributed by atoms with Crippen LogP contribution in [0.15, 0.2) is 4.99 Å². The van der Waals surface area contributed by atoms with Crippen LogP contribution in [-0.4, -0.2) is 61.1 Å². The molecule has 2 heterocycles. The van der Waals surface area contributed by atoms with Crippen LogP contribution in [0.2, 0.25) is 0 Å². The summed E-state index contributed by atoms with van der Waals surface area (Å²) in [6, 6.07) is -0.248. The van der Waals surface area contributed by atoms with E-state index in [-0.39, 0.29) is 23.2 Å². The van der Waals surface area contributed by atoms with Crippen molar-refractivity contribution in [2.75, 3.05) is 12.4 Å². The molecule has 0 aromatic heterocycles. The molecule has 24 heavy (non-hydrogen) atoms. The first kappa shape index (κ1) is 21.6. The number of cyclic esters (lactones) is 1. The quantitative estimate of drug-likeness (QED) is 0.299. The molecule has 2 rings (SSSR count). The van der Waals surface area contributed by atoms with Crippen molar-refractivity contribution in [1.29, 1.82) is 0 Å². The normalized spacial score (nSPS) is 23.5. The Hall–Kier alpha value is -0.431. The van der Waals surface area contributed by atoms with Gasteiger partial charge in [-0.15, -0.1) is 0 Å². The number of carbonyl (C=O) groups excluding carboxylic acids is 2. The summed E-state index contributed by atoms with van der Waals surface area (Å²) in [7, 11) is 0. The maximum absolute atomic E-state index is 11.2. The molecule has 0 bridgehead atoms. The molecule has 135 valence electrons. The van der Waals surface area contributed by atoms with Gasteiger partial charge >= 0.3 is 80.0 Å². The summed E-state index contributed by atoms with van der Waals surface area (Å²) in [4.78, 5) is 27.2. The van der Waals surface area contributed by atoms with Gasteiger partial charge in [-0.3, -0.25) is 4.79 Å². The number of aliphatic imine (C=N–C) groups is 1. The molecule has 2 aliphatic heterocycles. The Labute approximate surface area is 162 Å². The number of thiocarbonyl (C=S) groups is 1. The van der Waals surface area contributed by atoms with Gasteiger partial charge in [0.2, 0.25) is 5.12 Å². The molecule has 0 spiro atoms. The zero-order chi connectivity index (χ0) is 17.9. The summed E-state index contributed by atoms with van der Waals surface area (Å²) in [5.41, 5.74) is 0. The number of hydrogen-bond acceptors (Lipinski definition) is 6. The SMILES string of the molecule is CCCC(=S)NC1CCSC1=O.CCCC([Se])=NC1CCOC1=O. The van der Waals surface area contributed by atoms with Gasteiger partial charge in [-0.1, -0.05) is 30.9 Å². The third-order valence-corrected chi connectivity index (χ3v) is 5.40. The molecule has 1 radical (unpaired) electrons. The number of esters is 1. The maximum atomic E-state index is 11.2. The Bertz CT molecular complexity index is 486. The van der Waals surface area contributed by atoms with Crippen LogP contribution in [0.5, 0.6) is 0 Å². The number of carbonyl (C=O) groups is 2. The molecule has 2 aliphatic rings. The fourth-order valence-corrected chi connectivity index (χ4v) is 4.15. The van der Waals surface area contributed by atoms with Crippen LogP contribution >= 0.6 is 24.0 Å². The summed E-state index contributed by atoms with van der Waals surface area (Å²) in [6.07, 6.45) is 5.56. The number of ether oxygens (including phenoxy) is 1. The zero-order valence-electron chi connectivity index (χ0n) is 14.2. The van der Waals surface area contributed by atoms with E-state index >= 15 is 0 Å². The van der Waals surface area contributed by atoms with Crippen molar-refractivity contribution in [2.45, 2.75) is 64.5 Å². The Kier molecular flexibility index (Phi) is 10.8. The van der Waals surface area contributed by atoms with E-state index in [1.165, 1.54) is 11.8 Å². The third-order valence-electron chi connectivity index (χ3n) is 3.42. The molecule has 2 saturated heterocycles. The van der Waals surface area contributed by atoms with Gasteiger partial charge in [-0.05, 0) is 19.3 Å². The molecule has 2 fully saturated rings. The van der Waals surface area contributed by atoms with E-state index in [1.54, 1.807) is 0 Å². The second-order valence-electron chi connectivity index (χ2n) is 5.57. The van der Waals surface area contributed by atoms with Gasteiger partial charge in [0.15, 0.2) is 0 Å².